The summed E-state index contributed by atoms with van der Waals surface area (Å²) in [7, 11) is -5.23. The fourth-order valence-corrected chi connectivity index (χ4v) is 3.89. The predicted molar refractivity (Wildman–Crippen MR) is 102 cm³/mol. The quantitative estimate of drug-likeness (QED) is 0.406. The van der Waals surface area contributed by atoms with Gasteiger partial charge in [0.15, 0.2) is 11.6 Å². The number of para-hydroxylation sites is 1. The first-order valence-electron chi connectivity index (χ1n) is 8.20. The second-order valence-electron chi connectivity index (χ2n) is 6.22. The second-order valence-corrected chi connectivity index (χ2v) is 7.53. The number of nitrogen functional groups attached to an aromatic ring is 1. The molecule has 0 aromatic heterocycles. The van der Waals surface area contributed by atoms with Gasteiger partial charge in [-0.3, -0.25) is 9.59 Å². The van der Waals surface area contributed by atoms with Gasteiger partial charge in [0.2, 0.25) is 0 Å². The van der Waals surface area contributed by atoms with Crippen molar-refractivity contribution in [1.82, 2.24) is 0 Å². The molecule has 1 aliphatic carbocycles. The van der Waals surface area contributed by atoms with Gasteiger partial charge in [-0.1, -0.05) is 42.5 Å². The van der Waals surface area contributed by atoms with Crippen LogP contribution >= 0.6 is 0 Å². The molecule has 140 valence electrons. The van der Waals surface area contributed by atoms with Crippen molar-refractivity contribution in [3.63, 3.8) is 0 Å². The molecule has 4 rings (SSSR count). The van der Waals surface area contributed by atoms with Gasteiger partial charge in [-0.2, -0.15) is 8.42 Å². The van der Waals surface area contributed by atoms with Gasteiger partial charge in [-0.05, 0) is 18.2 Å². The number of hydrogen-bond donors (Lipinski definition) is 2. The average Bonchev–Trinajstić information content (AvgIpc) is 2.67. The Labute approximate surface area is 160 Å². The molecule has 0 unspecified atom stereocenters. The molecule has 1 aliphatic rings. The van der Waals surface area contributed by atoms with E-state index in [0.717, 1.165) is 6.07 Å². The van der Waals surface area contributed by atoms with E-state index in [2.05, 4.69) is 5.32 Å². The molecule has 0 atom stereocenters. The first kappa shape index (κ1) is 17.9. The van der Waals surface area contributed by atoms with Gasteiger partial charge in [-0.25, -0.2) is 0 Å². The molecule has 0 fully saturated rings. The number of ketones is 2. The molecule has 8 heteroatoms. The van der Waals surface area contributed by atoms with Crippen molar-refractivity contribution in [3.8, 4) is 0 Å². The number of benzene rings is 3. The zero-order valence-corrected chi connectivity index (χ0v) is 15.1. The Morgan fingerprint density at radius 3 is 1.93 bits per heavy atom. The van der Waals surface area contributed by atoms with Gasteiger partial charge in [0, 0.05) is 16.8 Å². The topological polar surface area (TPSA) is 106 Å². The molecule has 0 saturated carbocycles. The van der Waals surface area contributed by atoms with Crippen LogP contribution in [0.3, 0.4) is 0 Å². The van der Waals surface area contributed by atoms with Gasteiger partial charge >= 0.3 is 10.2 Å². The van der Waals surface area contributed by atoms with Gasteiger partial charge in [0.05, 0.1) is 22.5 Å². The third kappa shape index (κ3) is 2.74. The molecule has 0 amide bonds. The van der Waals surface area contributed by atoms with E-state index in [1.807, 2.05) is 0 Å². The lowest BCUT2D eigenvalue weighted by Crippen LogP contribution is -2.24. The van der Waals surface area contributed by atoms with E-state index in [4.69, 9.17) is 5.73 Å². The Morgan fingerprint density at radius 1 is 0.821 bits per heavy atom. The van der Waals surface area contributed by atoms with Crippen LogP contribution in [0.2, 0.25) is 0 Å². The van der Waals surface area contributed by atoms with E-state index in [1.54, 1.807) is 42.5 Å². The Balaban J connectivity index is 2.05. The van der Waals surface area contributed by atoms with Crippen LogP contribution in [-0.4, -0.2) is 20.0 Å². The van der Waals surface area contributed by atoms with Crippen LogP contribution in [0.5, 0.6) is 0 Å². The summed E-state index contributed by atoms with van der Waals surface area (Å²) < 4.78 is 37.1. The number of halogens is 1. The summed E-state index contributed by atoms with van der Waals surface area (Å²) in [5, 5.41) is 2.89. The molecule has 0 heterocycles. The van der Waals surface area contributed by atoms with Crippen molar-refractivity contribution in [1.29, 1.82) is 0 Å². The van der Waals surface area contributed by atoms with Crippen molar-refractivity contribution in [2.45, 2.75) is 4.90 Å². The van der Waals surface area contributed by atoms with Crippen molar-refractivity contribution in [2.24, 2.45) is 0 Å². The van der Waals surface area contributed by atoms with Crippen molar-refractivity contribution in [3.05, 3.63) is 82.9 Å². The zero-order chi connectivity index (χ0) is 20.1. The molecule has 0 saturated heterocycles. The van der Waals surface area contributed by atoms with E-state index in [1.165, 1.54) is 12.1 Å². The summed E-state index contributed by atoms with van der Waals surface area (Å²) in [5.74, 6) is -1.14. The molecule has 28 heavy (non-hydrogen) atoms. The summed E-state index contributed by atoms with van der Waals surface area (Å²) in [6, 6.07) is 15.6. The largest absolute Gasteiger partial charge is 0.397 e. The number of carbonyl (C=O) groups is 2. The molecule has 3 N–H and O–H groups in total. The Morgan fingerprint density at radius 2 is 1.36 bits per heavy atom. The van der Waals surface area contributed by atoms with Crippen LogP contribution in [0.4, 0.5) is 20.9 Å². The average molecular weight is 396 g/mol. The maximum absolute atomic E-state index is 13.9. The molecular formula is C20H13FN2O4S. The van der Waals surface area contributed by atoms with Crippen LogP contribution in [-0.2, 0) is 10.2 Å². The number of rotatable bonds is 3. The first-order valence-corrected chi connectivity index (χ1v) is 9.59. The molecule has 0 radical (unpaired) electrons. The third-order valence-corrected chi connectivity index (χ3v) is 5.38. The van der Waals surface area contributed by atoms with E-state index < -0.39 is 32.4 Å². The molecular weight excluding hydrogens is 383 g/mol. The summed E-state index contributed by atoms with van der Waals surface area (Å²) in [6.45, 7) is 0. The lowest BCUT2D eigenvalue weighted by atomic mass is 9.82. The molecule has 3 aromatic carbocycles. The SMILES string of the molecule is Nc1c(S(=O)(=O)F)cc(Nc2ccccc2)c2c1C(=O)c1ccccc1C2=O. The van der Waals surface area contributed by atoms with Gasteiger partial charge in [0.25, 0.3) is 0 Å². The molecule has 0 spiro atoms. The zero-order valence-electron chi connectivity index (χ0n) is 14.3. The number of hydrogen-bond acceptors (Lipinski definition) is 6. The van der Waals surface area contributed by atoms with Crippen LogP contribution < -0.4 is 11.1 Å². The fraction of sp³-hybridized carbons (Fsp3) is 0. The highest BCUT2D eigenvalue weighted by molar-refractivity contribution is 7.86. The van der Waals surface area contributed by atoms with Crippen LogP contribution in [0.25, 0.3) is 0 Å². The summed E-state index contributed by atoms with van der Waals surface area (Å²) in [5.41, 5.74) is 5.63. The summed E-state index contributed by atoms with van der Waals surface area (Å²) in [6.07, 6.45) is 0. The maximum Gasteiger partial charge on any atom is 0.334 e. The van der Waals surface area contributed by atoms with Crippen LogP contribution in [0.1, 0.15) is 31.8 Å². The van der Waals surface area contributed by atoms with Gasteiger partial charge in [0.1, 0.15) is 4.90 Å². The normalized spacial score (nSPS) is 13.0. The smallest absolute Gasteiger partial charge is 0.334 e. The van der Waals surface area contributed by atoms with Gasteiger partial charge in [-0.15, -0.1) is 3.89 Å². The minimum absolute atomic E-state index is 0.0144. The van der Waals surface area contributed by atoms with Crippen molar-refractivity contribution in [2.75, 3.05) is 11.1 Å². The second kappa shape index (κ2) is 6.28. The van der Waals surface area contributed by atoms with E-state index in [9.17, 15) is 21.9 Å². The lowest BCUT2D eigenvalue weighted by molar-refractivity contribution is 0.0980. The highest BCUT2D eigenvalue weighted by atomic mass is 32.3. The minimum atomic E-state index is -5.23. The van der Waals surface area contributed by atoms with E-state index >= 15 is 0 Å². The molecule has 6 nitrogen and oxygen atoms in total. The Bertz CT molecular complexity index is 1250. The molecule has 0 aliphatic heterocycles. The van der Waals surface area contributed by atoms with Gasteiger partial charge < -0.3 is 11.1 Å². The van der Waals surface area contributed by atoms with Crippen molar-refractivity contribution >= 4 is 38.9 Å². The summed E-state index contributed by atoms with van der Waals surface area (Å²) >= 11 is 0. The number of nitrogens with two attached hydrogens (primary N) is 1. The minimum Gasteiger partial charge on any atom is -0.397 e. The standard InChI is InChI=1S/C20H13FN2O4S/c21-28(26,27)15-10-14(23-11-6-2-1-3-7-11)16-17(18(15)22)20(25)13-9-5-4-8-12(13)19(16)24/h1-10,23H,22H2. The van der Waals surface area contributed by atoms with Crippen LogP contribution in [0, 0.1) is 0 Å². The lowest BCUT2D eigenvalue weighted by Gasteiger charge is -2.23. The number of carbonyl (C=O) groups excluding carboxylic acids is 2. The predicted octanol–water partition coefficient (Wildman–Crippen LogP) is 3.45. The number of anilines is 3. The third-order valence-electron chi connectivity index (χ3n) is 4.52. The van der Waals surface area contributed by atoms with E-state index in [-0.39, 0.29) is 27.9 Å². The number of nitrogens with one attached hydrogen (secondary N) is 1. The first-order chi connectivity index (χ1) is 13.3. The Kier molecular flexibility index (Phi) is 4.01. The van der Waals surface area contributed by atoms with Crippen molar-refractivity contribution < 1.29 is 21.9 Å². The summed E-state index contributed by atoms with van der Waals surface area (Å²) in [4.78, 5) is 25.2. The highest BCUT2D eigenvalue weighted by Crippen LogP contribution is 2.40. The fourth-order valence-electron chi connectivity index (χ4n) is 3.27. The molecule has 0 bridgehead atoms. The monoisotopic (exact) mass is 396 g/mol. The van der Waals surface area contributed by atoms with E-state index in [0.29, 0.717) is 5.69 Å². The molecule has 3 aromatic rings. The highest BCUT2D eigenvalue weighted by Gasteiger charge is 2.36. The maximum atomic E-state index is 13.9. The van der Waals surface area contributed by atoms with Crippen LogP contribution in [0.15, 0.2) is 65.6 Å². The number of fused-ring (bicyclic) bond motifs is 2. The Hall–Kier alpha value is -3.52.